The van der Waals surface area contributed by atoms with Gasteiger partial charge in [0, 0.05) is 13.7 Å². The molecule has 1 atom stereocenters. The Hall–Kier alpha value is -0.0800. The molecule has 0 amide bonds. The summed E-state index contributed by atoms with van der Waals surface area (Å²) in [5, 5.41) is 8.73. The second-order valence-electron chi connectivity index (χ2n) is 3.57. The van der Waals surface area contributed by atoms with Crippen molar-refractivity contribution in [3.8, 4) is 0 Å². The fraction of sp³-hybridized carbons (Fsp3) is 1.00. The molecule has 13 heavy (non-hydrogen) atoms. The lowest BCUT2D eigenvalue weighted by molar-refractivity contribution is 0.0691. The highest BCUT2D eigenvalue weighted by Crippen LogP contribution is 2.10. The Bertz CT molecular complexity index is 94.1. The standard InChI is InChI=1S/C11H24O2/c1-3-4-5-6-7-8-11(13-2)9-10-12/h11-12H,3-10H2,1-2H3. The van der Waals surface area contributed by atoms with Crippen LogP contribution >= 0.6 is 0 Å². The minimum atomic E-state index is 0.244. The molecule has 0 fully saturated rings. The molecule has 0 aliphatic carbocycles. The second-order valence-corrected chi connectivity index (χ2v) is 3.57. The van der Waals surface area contributed by atoms with Gasteiger partial charge in [-0.2, -0.15) is 0 Å². The first-order valence-electron chi connectivity index (χ1n) is 5.48. The van der Waals surface area contributed by atoms with E-state index in [-0.39, 0.29) is 12.7 Å². The van der Waals surface area contributed by atoms with Gasteiger partial charge in [0.05, 0.1) is 6.10 Å². The van der Waals surface area contributed by atoms with Crippen molar-refractivity contribution in [3.63, 3.8) is 0 Å². The van der Waals surface area contributed by atoms with Crippen LogP contribution < -0.4 is 0 Å². The van der Waals surface area contributed by atoms with Crippen LogP contribution in [0.2, 0.25) is 0 Å². The summed E-state index contributed by atoms with van der Waals surface area (Å²) in [4.78, 5) is 0. The second kappa shape index (κ2) is 10.0. The molecule has 0 rings (SSSR count). The van der Waals surface area contributed by atoms with Crippen LogP contribution in [0, 0.1) is 0 Å². The van der Waals surface area contributed by atoms with Crippen LogP contribution in [-0.2, 0) is 4.74 Å². The van der Waals surface area contributed by atoms with E-state index in [1.807, 2.05) is 0 Å². The first-order chi connectivity index (χ1) is 6.35. The van der Waals surface area contributed by atoms with Crippen molar-refractivity contribution in [1.29, 1.82) is 0 Å². The van der Waals surface area contributed by atoms with E-state index in [0.717, 1.165) is 12.8 Å². The highest BCUT2D eigenvalue weighted by molar-refractivity contribution is 4.57. The van der Waals surface area contributed by atoms with Crippen molar-refractivity contribution < 1.29 is 9.84 Å². The highest BCUT2D eigenvalue weighted by Gasteiger charge is 2.04. The first-order valence-corrected chi connectivity index (χ1v) is 5.48. The van der Waals surface area contributed by atoms with Crippen molar-refractivity contribution in [3.05, 3.63) is 0 Å². The Morgan fingerprint density at radius 3 is 2.31 bits per heavy atom. The molecule has 2 heteroatoms. The van der Waals surface area contributed by atoms with E-state index in [0.29, 0.717) is 0 Å². The average Bonchev–Trinajstić information content (AvgIpc) is 2.16. The molecule has 0 spiro atoms. The molecular weight excluding hydrogens is 164 g/mol. The van der Waals surface area contributed by atoms with Crippen LogP contribution in [0.1, 0.15) is 51.9 Å². The summed E-state index contributed by atoms with van der Waals surface area (Å²) < 4.78 is 5.24. The average molecular weight is 188 g/mol. The molecule has 1 N–H and O–H groups in total. The number of rotatable bonds is 9. The van der Waals surface area contributed by atoms with Gasteiger partial charge in [0.25, 0.3) is 0 Å². The molecule has 1 unspecified atom stereocenters. The van der Waals surface area contributed by atoms with E-state index >= 15 is 0 Å². The quantitative estimate of drug-likeness (QED) is 0.564. The van der Waals surface area contributed by atoms with E-state index in [1.165, 1.54) is 32.1 Å². The first kappa shape index (κ1) is 12.9. The van der Waals surface area contributed by atoms with Crippen LogP contribution in [0.4, 0.5) is 0 Å². The summed E-state index contributed by atoms with van der Waals surface area (Å²) in [5.74, 6) is 0. The molecule has 0 aromatic rings. The maximum Gasteiger partial charge on any atom is 0.0593 e. The summed E-state index contributed by atoms with van der Waals surface area (Å²) in [6.07, 6.45) is 8.67. The molecule has 0 saturated carbocycles. The van der Waals surface area contributed by atoms with Gasteiger partial charge in [-0.15, -0.1) is 0 Å². The SMILES string of the molecule is CCCCCCCC(CCO)OC. The van der Waals surface area contributed by atoms with Crippen molar-refractivity contribution >= 4 is 0 Å². The molecule has 0 aliphatic heterocycles. The lowest BCUT2D eigenvalue weighted by Gasteiger charge is -2.13. The number of aliphatic hydroxyl groups is 1. The minimum Gasteiger partial charge on any atom is -0.396 e. The van der Waals surface area contributed by atoms with Gasteiger partial charge in [-0.3, -0.25) is 0 Å². The maximum absolute atomic E-state index is 8.73. The van der Waals surface area contributed by atoms with Crippen LogP contribution in [0.25, 0.3) is 0 Å². The Morgan fingerprint density at radius 1 is 1.08 bits per heavy atom. The predicted octanol–water partition coefficient (Wildman–Crippen LogP) is 2.74. The number of ether oxygens (including phenoxy) is 1. The Labute approximate surface area is 82.3 Å². The van der Waals surface area contributed by atoms with Gasteiger partial charge in [0.15, 0.2) is 0 Å². The Kier molecular flexibility index (Phi) is 9.94. The van der Waals surface area contributed by atoms with Gasteiger partial charge in [0.2, 0.25) is 0 Å². The van der Waals surface area contributed by atoms with Gasteiger partial charge in [-0.25, -0.2) is 0 Å². The molecule has 2 nitrogen and oxygen atoms in total. The third kappa shape index (κ3) is 8.26. The summed E-state index contributed by atoms with van der Waals surface area (Å²) in [6, 6.07) is 0. The molecule has 0 aliphatic rings. The monoisotopic (exact) mass is 188 g/mol. The summed E-state index contributed by atoms with van der Waals surface area (Å²) in [5.41, 5.74) is 0. The fourth-order valence-corrected chi connectivity index (χ4v) is 1.50. The normalized spacial score (nSPS) is 13.2. The Balaban J connectivity index is 3.17. The summed E-state index contributed by atoms with van der Waals surface area (Å²) in [7, 11) is 1.73. The topological polar surface area (TPSA) is 29.5 Å². The number of methoxy groups -OCH3 is 1. The van der Waals surface area contributed by atoms with E-state index in [9.17, 15) is 0 Å². The molecule has 0 radical (unpaired) electrons. The number of aliphatic hydroxyl groups excluding tert-OH is 1. The van der Waals surface area contributed by atoms with E-state index < -0.39 is 0 Å². The van der Waals surface area contributed by atoms with Crippen molar-refractivity contribution in [1.82, 2.24) is 0 Å². The number of unbranched alkanes of at least 4 members (excludes halogenated alkanes) is 4. The lowest BCUT2D eigenvalue weighted by Crippen LogP contribution is -2.12. The minimum absolute atomic E-state index is 0.244. The fourth-order valence-electron chi connectivity index (χ4n) is 1.50. The van der Waals surface area contributed by atoms with E-state index in [2.05, 4.69) is 6.92 Å². The van der Waals surface area contributed by atoms with Crippen molar-refractivity contribution in [2.24, 2.45) is 0 Å². The zero-order valence-corrected chi connectivity index (χ0v) is 9.09. The lowest BCUT2D eigenvalue weighted by atomic mass is 10.1. The van der Waals surface area contributed by atoms with Gasteiger partial charge in [-0.1, -0.05) is 39.0 Å². The van der Waals surface area contributed by atoms with Crippen LogP contribution in [0.5, 0.6) is 0 Å². The van der Waals surface area contributed by atoms with Gasteiger partial charge in [0.1, 0.15) is 0 Å². The molecule has 0 aromatic heterocycles. The predicted molar refractivity (Wildman–Crippen MR) is 55.9 cm³/mol. The van der Waals surface area contributed by atoms with Crippen molar-refractivity contribution in [2.75, 3.05) is 13.7 Å². The molecule has 0 bridgehead atoms. The molecule has 0 heterocycles. The molecular formula is C11H24O2. The third-order valence-electron chi connectivity index (χ3n) is 2.41. The van der Waals surface area contributed by atoms with Crippen LogP contribution in [-0.4, -0.2) is 24.9 Å². The molecule has 0 aromatic carbocycles. The van der Waals surface area contributed by atoms with Crippen LogP contribution in [0.15, 0.2) is 0 Å². The van der Waals surface area contributed by atoms with Gasteiger partial charge >= 0.3 is 0 Å². The van der Waals surface area contributed by atoms with E-state index in [4.69, 9.17) is 9.84 Å². The summed E-state index contributed by atoms with van der Waals surface area (Å²) in [6.45, 7) is 2.47. The number of hydrogen-bond donors (Lipinski definition) is 1. The third-order valence-corrected chi connectivity index (χ3v) is 2.41. The van der Waals surface area contributed by atoms with E-state index in [1.54, 1.807) is 7.11 Å². The Morgan fingerprint density at radius 2 is 1.77 bits per heavy atom. The highest BCUT2D eigenvalue weighted by atomic mass is 16.5. The zero-order valence-electron chi connectivity index (χ0n) is 9.09. The van der Waals surface area contributed by atoms with Crippen LogP contribution in [0.3, 0.4) is 0 Å². The maximum atomic E-state index is 8.73. The van der Waals surface area contributed by atoms with Gasteiger partial charge < -0.3 is 9.84 Å². The zero-order chi connectivity index (χ0) is 9.94. The smallest absolute Gasteiger partial charge is 0.0593 e. The van der Waals surface area contributed by atoms with Crippen molar-refractivity contribution in [2.45, 2.75) is 58.0 Å². The summed E-state index contributed by atoms with van der Waals surface area (Å²) >= 11 is 0. The molecule has 80 valence electrons. The molecule has 0 saturated heterocycles. The number of hydrogen-bond acceptors (Lipinski definition) is 2. The largest absolute Gasteiger partial charge is 0.396 e. The van der Waals surface area contributed by atoms with Gasteiger partial charge in [-0.05, 0) is 12.8 Å².